The molecule has 0 aromatic rings. The van der Waals surface area contributed by atoms with Crippen molar-refractivity contribution in [2.75, 3.05) is 33.4 Å². The average molecular weight is 337 g/mol. The van der Waals surface area contributed by atoms with Gasteiger partial charge in [0.1, 0.15) is 11.4 Å². The van der Waals surface area contributed by atoms with E-state index in [1.54, 1.807) is 4.90 Å². The summed E-state index contributed by atoms with van der Waals surface area (Å²) in [5, 5.41) is 0. The van der Waals surface area contributed by atoms with Crippen molar-refractivity contribution in [1.82, 2.24) is 9.80 Å². The molecule has 2 amide bonds. The normalized spacial score (nSPS) is 22.8. The van der Waals surface area contributed by atoms with Crippen molar-refractivity contribution in [3.05, 3.63) is 0 Å². The molecule has 136 valence electrons. The Morgan fingerprint density at radius 1 is 1.29 bits per heavy atom. The summed E-state index contributed by atoms with van der Waals surface area (Å²) in [4.78, 5) is 33.3. The molecule has 24 heavy (non-hydrogen) atoms. The molecule has 0 saturated carbocycles. The van der Waals surface area contributed by atoms with E-state index in [1.807, 2.05) is 25.8 Å². The summed E-state index contributed by atoms with van der Waals surface area (Å²) in [5.74, 6) is 1.23. The van der Waals surface area contributed by atoms with Crippen LogP contribution in [-0.4, -0.2) is 66.3 Å². The number of hydrogen-bond donors (Lipinski definition) is 0. The van der Waals surface area contributed by atoms with Gasteiger partial charge in [-0.25, -0.2) is 0 Å². The van der Waals surface area contributed by atoms with Crippen molar-refractivity contribution in [1.29, 1.82) is 0 Å². The Balaban J connectivity index is 0.00000100. The minimum Gasteiger partial charge on any atom is -0.380 e. The number of likely N-dealkylation sites (tertiary alicyclic amines) is 1. The summed E-state index contributed by atoms with van der Waals surface area (Å²) in [5.41, 5.74) is -0.606. The number of amides is 2. The van der Waals surface area contributed by atoms with Crippen molar-refractivity contribution < 1.29 is 14.3 Å². The molecular weight excluding hydrogens is 306 g/mol. The van der Waals surface area contributed by atoms with Gasteiger partial charge in [-0.15, -0.1) is 0 Å². The van der Waals surface area contributed by atoms with Crippen LogP contribution < -0.4 is 0 Å². The second-order valence-corrected chi connectivity index (χ2v) is 6.59. The van der Waals surface area contributed by atoms with Crippen LogP contribution in [0.5, 0.6) is 0 Å². The monoisotopic (exact) mass is 337 g/mol. The standard InChI is InChI=1S/C16H25N3O3.C2H6/c1-3-4-5-13-17-16(15(21)18(13)2)6-8-19(9-7-16)14(20)12-10-22-11-12;1-2/h12H,3-11H2,1-2H3;1-2H3. The van der Waals surface area contributed by atoms with Gasteiger partial charge in [0.2, 0.25) is 5.91 Å². The molecule has 0 bridgehead atoms. The van der Waals surface area contributed by atoms with Crippen LogP contribution in [0.15, 0.2) is 4.99 Å². The van der Waals surface area contributed by atoms with Crippen molar-refractivity contribution in [2.45, 2.75) is 58.4 Å². The number of aliphatic imine (C=N–C) groups is 1. The predicted molar refractivity (Wildman–Crippen MR) is 93.9 cm³/mol. The molecule has 2 fully saturated rings. The molecule has 0 radical (unpaired) electrons. The van der Waals surface area contributed by atoms with Crippen molar-refractivity contribution in [3.63, 3.8) is 0 Å². The molecule has 3 rings (SSSR count). The van der Waals surface area contributed by atoms with Crippen LogP contribution in [0.25, 0.3) is 0 Å². The van der Waals surface area contributed by atoms with E-state index in [0.29, 0.717) is 39.1 Å². The number of piperidine rings is 1. The lowest BCUT2D eigenvalue weighted by molar-refractivity contribution is -0.152. The number of nitrogens with zero attached hydrogens (tertiary/aromatic N) is 3. The van der Waals surface area contributed by atoms with E-state index in [-0.39, 0.29) is 17.7 Å². The van der Waals surface area contributed by atoms with Gasteiger partial charge >= 0.3 is 0 Å². The number of likely N-dealkylation sites (N-methyl/N-ethyl adjacent to an activating group) is 1. The molecule has 6 nitrogen and oxygen atoms in total. The Labute approximate surface area is 145 Å². The number of rotatable bonds is 4. The molecule has 0 aliphatic carbocycles. The molecule has 1 spiro atoms. The fourth-order valence-corrected chi connectivity index (χ4v) is 3.42. The fourth-order valence-electron chi connectivity index (χ4n) is 3.42. The molecule has 0 aromatic carbocycles. The van der Waals surface area contributed by atoms with E-state index >= 15 is 0 Å². The molecule has 3 heterocycles. The fraction of sp³-hybridized carbons (Fsp3) is 0.833. The molecule has 2 saturated heterocycles. The van der Waals surface area contributed by atoms with E-state index < -0.39 is 5.54 Å². The first-order valence-corrected chi connectivity index (χ1v) is 9.31. The highest BCUT2D eigenvalue weighted by Gasteiger charge is 2.49. The first kappa shape index (κ1) is 18.9. The van der Waals surface area contributed by atoms with Crippen molar-refractivity contribution in [3.8, 4) is 0 Å². The zero-order chi connectivity index (χ0) is 17.7. The third-order valence-electron chi connectivity index (χ3n) is 5.08. The summed E-state index contributed by atoms with van der Waals surface area (Å²) in [6.45, 7) is 8.48. The number of ether oxygens (including phenoxy) is 1. The second-order valence-electron chi connectivity index (χ2n) is 6.59. The van der Waals surface area contributed by atoms with Crippen LogP contribution in [0.2, 0.25) is 0 Å². The maximum Gasteiger partial charge on any atom is 0.255 e. The summed E-state index contributed by atoms with van der Waals surface area (Å²) in [7, 11) is 1.83. The van der Waals surface area contributed by atoms with Gasteiger partial charge in [0.05, 0.1) is 19.1 Å². The third-order valence-corrected chi connectivity index (χ3v) is 5.08. The number of unbranched alkanes of at least 4 members (excludes halogenated alkanes) is 1. The SMILES string of the molecule is CC.CCCCC1=NC2(CCN(C(=O)C3COC3)CC2)C(=O)N1C. The van der Waals surface area contributed by atoms with Gasteiger partial charge in [-0.2, -0.15) is 0 Å². The van der Waals surface area contributed by atoms with Crippen molar-refractivity contribution >= 4 is 17.6 Å². The zero-order valence-electron chi connectivity index (χ0n) is 15.5. The van der Waals surface area contributed by atoms with Gasteiger partial charge in [-0.3, -0.25) is 14.6 Å². The van der Waals surface area contributed by atoms with E-state index in [0.717, 1.165) is 25.1 Å². The molecule has 0 aromatic heterocycles. The summed E-state index contributed by atoms with van der Waals surface area (Å²) in [6, 6.07) is 0. The Bertz CT molecular complexity index is 492. The first-order chi connectivity index (χ1) is 11.6. The van der Waals surface area contributed by atoms with E-state index in [2.05, 4.69) is 6.92 Å². The number of carbonyl (C=O) groups excluding carboxylic acids is 2. The van der Waals surface area contributed by atoms with Gasteiger partial charge in [-0.1, -0.05) is 27.2 Å². The largest absolute Gasteiger partial charge is 0.380 e. The quantitative estimate of drug-likeness (QED) is 0.789. The molecule has 0 unspecified atom stereocenters. The van der Waals surface area contributed by atoms with E-state index in [4.69, 9.17) is 9.73 Å². The lowest BCUT2D eigenvalue weighted by Crippen LogP contribution is -2.53. The summed E-state index contributed by atoms with van der Waals surface area (Å²) < 4.78 is 5.09. The topological polar surface area (TPSA) is 62.2 Å². The maximum absolute atomic E-state index is 12.6. The Morgan fingerprint density at radius 3 is 2.42 bits per heavy atom. The lowest BCUT2D eigenvalue weighted by atomic mass is 9.87. The molecule has 3 aliphatic heterocycles. The molecule has 6 heteroatoms. The second kappa shape index (κ2) is 8.10. The number of hydrogen-bond acceptors (Lipinski definition) is 4. The van der Waals surface area contributed by atoms with Crippen LogP contribution in [-0.2, 0) is 14.3 Å². The average Bonchev–Trinajstić information content (AvgIpc) is 2.79. The van der Waals surface area contributed by atoms with Gasteiger partial charge in [0.25, 0.3) is 5.91 Å². The van der Waals surface area contributed by atoms with E-state index in [1.165, 1.54) is 0 Å². The molecule has 0 atom stereocenters. The maximum atomic E-state index is 12.6. The number of carbonyl (C=O) groups is 2. The lowest BCUT2D eigenvalue weighted by Gasteiger charge is -2.39. The van der Waals surface area contributed by atoms with E-state index in [9.17, 15) is 9.59 Å². The molecule has 0 N–H and O–H groups in total. The number of amidine groups is 1. The van der Waals surface area contributed by atoms with Gasteiger partial charge < -0.3 is 14.5 Å². The minimum absolute atomic E-state index is 0.0274. The highest BCUT2D eigenvalue weighted by molar-refractivity contribution is 6.08. The van der Waals surface area contributed by atoms with Crippen LogP contribution >= 0.6 is 0 Å². The smallest absolute Gasteiger partial charge is 0.255 e. The third kappa shape index (κ3) is 3.48. The summed E-state index contributed by atoms with van der Waals surface area (Å²) >= 11 is 0. The molecule has 3 aliphatic rings. The van der Waals surface area contributed by atoms with Crippen LogP contribution in [0.4, 0.5) is 0 Å². The van der Waals surface area contributed by atoms with Crippen LogP contribution in [0.1, 0.15) is 52.9 Å². The predicted octanol–water partition coefficient (Wildman–Crippen LogP) is 2.08. The minimum atomic E-state index is -0.606. The van der Waals surface area contributed by atoms with Crippen LogP contribution in [0, 0.1) is 5.92 Å². The Kier molecular flexibility index (Phi) is 6.38. The van der Waals surface area contributed by atoms with Crippen molar-refractivity contribution in [2.24, 2.45) is 10.9 Å². The van der Waals surface area contributed by atoms with Crippen LogP contribution in [0.3, 0.4) is 0 Å². The molecular formula is C18H31N3O3. The van der Waals surface area contributed by atoms with Gasteiger partial charge in [0, 0.05) is 26.6 Å². The van der Waals surface area contributed by atoms with Gasteiger partial charge in [-0.05, 0) is 19.3 Å². The van der Waals surface area contributed by atoms with Gasteiger partial charge in [0.15, 0.2) is 0 Å². The summed E-state index contributed by atoms with van der Waals surface area (Å²) in [6.07, 6.45) is 4.30. The Hall–Kier alpha value is -1.43. The Morgan fingerprint density at radius 2 is 1.92 bits per heavy atom. The first-order valence-electron chi connectivity index (χ1n) is 9.31. The zero-order valence-corrected chi connectivity index (χ0v) is 15.5. The highest BCUT2D eigenvalue weighted by atomic mass is 16.5. The highest BCUT2D eigenvalue weighted by Crippen LogP contribution is 2.34.